The summed E-state index contributed by atoms with van der Waals surface area (Å²) in [6.07, 6.45) is 16.6. The standard InChI is InChI=1S/C13H21N/c1-2-3-4-5-6-7-8-9-10-11-12-13-14/h3-4,11-12H,2,5-10H2,1H3/b4-3?,12-11-. The van der Waals surface area contributed by atoms with E-state index >= 15 is 0 Å². The predicted molar refractivity (Wildman–Crippen MR) is 61.9 cm³/mol. The van der Waals surface area contributed by atoms with Crippen molar-refractivity contribution in [1.82, 2.24) is 0 Å². The molecule has 0 rings (SSSR count). The maximum Gasteiger partial charge on any atom is 0.0908 e. The van der Waals surface area contributed by atoms with E-state index in [0.717, 1.165) is 12.8 Å². The number of unbranched alkanes of at least 4 members (excludes halogenated alkanes) is 5. The Morgan fingerprint density at radius 1 is 0.929 bits per heavy atom. The summed E-state index contributed by atoms with van der Waals surface area (Å²) in [5.74, 6) is 0. The quantitative estimate of drug-likeness (QED) is 0.317. The van der Waals surface area contributed by atoms with Gasteiger partial charge in [0, 0.05) is 6.08 Å². The van der Waals surface area contributed by atoms with E-state index in [1.165, 1.54) is 32.1 Å². The lowest BCUT2D eigenvalue weighted by atomic mass is 10.1. The minimum atomic E-state index is 1.05. The Hall–Kier alpha value is -1.03. The zero-order valence-electron chi connectivity index (χ0n) is 9.21. The van der Waals surface area contributed by atoms with Gasteiger partial charge in [-0.2, -0.15) is 5.26 Å². The molecule has 0 aromatic heterocycles. The van der Waals surface area contributed by atoms with E-state index in [1.54, 1.807) is 6.08 Å². The van der Waals surface area contributed by atoms with Gasteiger partial charge in [-0.15, -0.1) is 0 Å². The van der Waals surface area contributed by atoms with Crippen LogP contribution in [0.2, 0.25) is 0 Å². The van der Waals surface area contributed by atoms with Gasteiger partial charge in [-0.05, 0) is 32.1 Å². The van der Waals surface area contributed by atoms with Crippen molar-refractivity contribution < 1.29 is 0 Å². The summed E-state index contributed by atoms with van der Waals surface area (Å²) in [4.78, 5) is 0. The van der Waals surface area contributed by atoms with Gasteiger partial charge in [0.05, 0.1) is 6.07 Å². The first-order chi connectivity index (χ1) is 6.91. The van der Waals surface area contributed by atoms with Crippen molar-refractivity contribution in [2.45, 2.75) is 51.9 Å². The molecule has 0 bridgehead atoms. The third kappa shape index (κ3) is 11.0. The molecule has 0 aliphatic heterocycles. The second-order valence-electron chi connectivity index (χ2n) is 3.40. The molecule has 0 aromatic carbocycles. The topological polar surface area (TPSA) is 23.8 Å². The summed E-state index contributed by atoms with van der Waals surface area (Å²) in [5.41, 5.74) is 0. The fourth-order valence-electron chi connectivity index (χ4n) is 1.30. The van der Waals surface area contributed by atoms with Crippen LogP contribution in [0.4, 0.5) is 0 Å². The number of nitrogens with zero attached hydrogens (tertiary/aromatic N) is 1. The Labute approximate surface area is 88.1 Å². The van der Waals surface area contributed by atoms with Gasteiger partial charge >= 0.3 is 0 Å². The predicted octanol–water partition coefficient (Wildman–Crippen LogP) is 4.37. The van der Waals surface area contributed by atoms with Crippen LogP contribution < -0.4 is 0 Å². The van der Waals surface area contributed by atoms with E-state index < -0.39 is 0 Å². The molecule has 0 N–H and O–H groups in total. The van der Waals surface area contributed by atoms with Crippen molar-refractivity contribution in [3.05, 3.63) is 24.3 Å². The number of nitriles is 1. The molecule has 0 saturated carbocycles. The zero-order chi connectivity index (χ0) is 10.5. The first-order valence-corrected chi connectivity index (χ1v) is 5.61. The van der Waals surface area contributed by atoms with Crippen LogP contribution in [0.3, 0.4) is 0 Å². The van der Waals surface area contributed by atoms with Gasteiger partial charge in [-0.1, -0.05) is 38.0 Å². The third-order valence-electron chi connectivity index (χ3n) is 2.09. The molecule has 1 nitrogen and oxygen atoms in total. The Balaban J connectivity index is 3.03. The number of hydrogen-bond donors (Lipinski definition) is 0. The van der Waals surface area contributed by atoms with Crippen LogP contribution >= 0.6 is 0 Å². The van der Waals surface area contributed by atoms with Crippen molar-refractivity contribution in [3.63, 3.8) is 0 Å². The molecule has 0 saturated heterocycles. The monoisotopic (exact) mass is 191 g/mol. The van der Waals surface area contributed by atoms with Crippen molar-refractivity contribution in [2.24, 2.45) is 0 Å². The smallest absolute Gasteiger partial charge is 0.0908 e. The first kappa shape index (κ1) is 13.0. The van der Waals surface area contributed by atoms with Crippen LogP contribution in [0.5, 0.6) is 0 Å². The molecular formula is C13H21N. The average molecular weight is 191 g/mol. The van der Waals surface area contributed by atoms with Crippen molar-refractivity contribution in [3.8, 4) is 6.07 Å². The molecule has 0 fully saturated rings. The van der Waals surface area contributed by atoms with Gasteiger partial charge < -0.3 is 0 Å². The highest BCUT2D eigenvalue weighted by molar-refractivity contribution is 5.01. The first-order valence-electron chi connectivity index (χ1n) is 5.61. The molecule has 78 valence electrons. The normalized spacial score (nSPS) is 11.1. The molecule has 0 aliphatic carbocycles. The Bertz CT molecular complexity index is 196. The molecule has 0 atom stereocenters. The van der Waals surface area contributed by atoms with Crippen LogP contribution in [0, 0.1) is 11.3 Å². The van der Waals surface area contributed by atoms with E-state index in [1.807, 2.05) is 12.1 Å². The van der Waals surface area contributed by atoms with E-state index in [9.17, 15) is 0 Å². The second kappa shape index (κ2) is 12.0. The van der Waals surface area contributed by atoms with Crippen molar-refractivity contribution in [2.75, 3.05) is 0 Å². The molecule has 0 aliphatic rings. The molecule has 0 aromatic rings. The van der Waals surface area contributed by atoms with Crippen LogP contribution in [0.25, 0.3) is 0 Å². The van der Waals surface area contributed by atoms with Crippen LogP contribution in [0.1, 0.15) is 51.9 Å². The van der Waals surface area contributed by atoms with Crippen molar-refractivity contribution >= 4 is 0 Å². The van der Waals surface area contributed by atoms with Gasteiger partial charge in [0.15, 0.2) is 0 Å². The fourth-order valence-corrected chi connectivity index (χ4v) is 1.30. The van der Waals surface area contributed by atoms with E-state index in [4.69, 9.17) is 5.26 Å². The molecule has 0 radical (unpaired) electrons. The summed E-state index contributed by atoms with van der Waals surface area (Å²) < 4.78 is 0. The van der Waals surface area contributed by atoms with Crippen molar-refractivity contribution in [1.29, 1.82) is 5.26 Å². The summed E-state index contributed by atoms with van der Waals surface area (Å²) in [6, 6.07) is 2.00. The summed E-state index contributed by atoms with van der Waals surface area (Å²) in [5, 5.41) is 8.25. The minimum absolute atomic E-state index is 1.05. The molecule has 0 unspecified atom stereocenters. The Kier molecular flexibility index (Phi) is 11.1. The highest BCUT2D eigenvalue weighted by Crippen LogP contribution is 2.06. The van der Waals surface area contributed by atoms with Gasteiger partial charge in [0.25, 0.3) is 0 Å². The fraction of sp³-hybridized carbons (Fsp3) is 0.615. The third-order valence-corrected chi connectivity index (χ3v) is 2.09. The minimum Gasteiger partial charge on any atom is -0.193 e. The molecule has 1 heteroatoms. The van der Waals surface area contributed by atoms with Gasteiger partial charge in [-0.3, -0.25) is 0 Å². The van der Waals surface area contributed by atoms with Gasteiger partial charge in [-0.25, -0.2) is 0 Å². The molecular weight excluding hydrogens is 170 g/mol. The lowest BCUT2D eigenvalue weighted by Gasteiger charge is -1.96. The maximum absolute atomic E-state index is 8.25. The SMILES string of the molecule is CCC=CCCCCCC/C=C\C#N. The highest BCUT2D eigenvalue weighted by Gasteiger charge is 1.86. The van der Waals surface area contributed by atoms with Gasteiger partial charge in [0.2, 0.25) is 0 Å². The Morgan fingerprint density at radius 2 is 1.57 bits per heavy atom. The number of rotatable bonds is 8. The van der Waals surface area contributed by atoms with E-state index in [2.05, 4.69) is 19.1 Å². The van der Waals surface area contributed by atoms with Crippen LogP contribution in [-0.2, 0) is 0 Å². The summed E-state index contributed by atoms with van der Waals surface area (Å²) >= 11 is 0. The maximum atomic E-state index is 8.25. The Morgan fingerprint density at radius 3 is 2.14 bits per heavy atom. The number of allylic oxidation sites excluding steroid dienone is 4. The molecule has 0 spiro atoms. The summed E-state index contributed by atoms with van der Waals surface area (Å²) in [7, 11) is 0. The lowest BCUT2D eigenvalue weighted by Crippen LogP contribution is -1.76. The van der Waals surface area contributed by atoms with E-state index in [0.29, 0.717) is 0 Å². The average Bonchev–Trinajstić information content (AvgIpc) is 2.21. The van der Waals surface area contributed by atoms with E-state index in [-0.39, 0.29) is 0 Å². The largest absolute Gasteiger partial charge is 0.193 e. The highest BCUT2D eigenvalue weighted by atomic mass is 14.2. The van der Waals surface area contributed by atoms with Crippen LogP contribution in [-0.4, -0.2) is 0 Å². The lowest BCUT2D eigenvalue weighted by molar-refractivity contribution is 0.652. The molecule has 0 amide bonds. The molecule has 0 heterocycles. The summed E-state index contributed by atoms with van der Waals surface area (Å²) in [6.45, 7) is 2.16. The van der Waals surface area contributed by atoms with Gasteiger partial charge in [0.1, 0.15) is 0 Å². The zero-order valence-corrected chi connectivity index (χ0v) is 9.21. The molecule has 14 heavy (non-hydrogen) atoms. The van der Waals surface area contributed by atoms with Crippen LogP contribution in [0.15, 0.2) is 24.3 Å². The number of hydrogen-bond acceptors (Lipinski definition) is 1. The second-order valence-corrected chi connectivity index (χ2v) is 3.40.